The van der Waals surface area contributed by atoms with E-state index in [-0.39, 0.29) is 23.3 Å². The Morgan fingerprint density at radius 2 is 2.30 bits per heavy atom. The number of benzene rings is 1. The van der Waals surface area contributed by atoms with E-state index in [9.17, 15) is 9.18 Å². The zero-order valence-electron chi connectivity index (χ0n) is 11.3. The molecule has 1 aromatic rings. The van der Waals surface area contributed by atoms with Crippen molar-refractivity contribution in [2.45, 2.75) is 48.6 Å². The Kier molecular flexibility index (Phi) is 3.73. The lowest BCUT2D eigenvalue weighted by Crippen LogP contribution is -2.50. The summed E-state index contributed by atoms with van der Waals surface area (Å²) in [5.41, 5.74) is 6.69. The van der Waals surface area contributed by atoms with Gasteiger partial charge in [0.1, 0.15) is 5.82 Å². The largest absolute Gasteiger partial charge is 0.349 e. The summed E-state index contributed by atoms with van der Waals surface area (Å²) in [6, 6.07) is 4.72. The van der Waals surface area contributed by atoms with Crippen LogP contribution >= 0.6 is 11.8 Å². The summed E-state index contributed by atoms with van der Waals surface area (Å²) in [5, 5.41) is 3.03. The van der Waals surface area contributed by atoms with Crippen LogP contribution in [0, 0.1) is 5.82 Å². The van der Waals surface area contributed by atoms with E-state index in [0.29, 0.717) is 6.42 Å². The van der Waals surface area contributed by atoms with Gasteiger partial charge in [-0.3, -0.25) is 4.79 Å². The minimum Gasteiger partial charge on any atom is -0.349 e. The highest BCUT2D eigenvalue weighted by atomic mass is 32.2. The van der Waals surface area contributed by atoms with Crippen LogP contribution < -0.4 is 11.1 Å². The number of nitrogens with two attached hydrogens (primary N) is 1. The topological polar surface area (TPSA) is 55.1 Å². The van der Waals surface area contributed by atoms with Crippen LogP contribution in [0.2, 0.25) is 0 Å². The highest BCUT2D eigenvalue weighted by Gasteiger charge is 2.35. The fourth-order valence-corrected chi connectivity index (χ4v) is 3.99. The Bertz CT molecular complexity index is 531. The summed E-state index contributed by atoms with van der Waals surface area (Å²) in [6.45, 7) is 0. The van der Waals surface area contributed by atoms with Gasteiger partial charge in [0.05, 0.1) is 6.04 Å². The molecule has 1 aliphatic carbocycles. The van der Waals surface area contributed by atoms with Crippen molar-refractivity contribution in [3.8, 4) is 0 Å². The number of halogens is 1. The molecular formula is C15H19FN2OS. The summed E-state index contributed by atoms with van der Waals surface area (Å²) in [7, 11) is 0. The molecular weight excluding hydrogens is 275 g/mol. The van der Waals surface area contributed by atoms with E-state index in [0.717, 1.165) is 41.9 Å². The Morgan fingerprint density at radius 1 is 1.50 bits per heavy atom. The van der Waals surface area contributed by atoms with Crippen LogP contribution in [0.4, 0.5) is 4.39 Å². The van der Waals surface area contributed by atoms with Gasteiger partial charge in [-0.1, -0.05) is 0 Å². The molecule has 0 bridgehead atoms. The zero-order chi connectivity index (χ0) is 14.2. The number of hydrogen-bond acceptors (Lipinski definition) is 3. The van der Waals surface area contributed by atoms with Crippen LogP contribution in [0.25, 0.3) is 0 Å². The first-order valence-corrected chi connectivity index (χ1v) is 8.05. The van der Waals surface area contributed by atoms with Gasteiger partial charge in [-0.2, -0.15) is 0 Å². The first kappa shape index (κ1) is 13.9. The summed E-state index contributed by atoms with van der Waals surface area (Å²) in [5.74, 6) is 0.677. The molecule has 1 amide bonds. The maximum atomic E-state index is 13.4. The van der Waals surface area contributed by atoms with E-state index in [2.05, 4.69) is 5.32 Å². The van der Waals surface area contributed by atoms with Gasteiger partial charge in [0.2, 0.25) is 5.91 Å². The first-order valence-electron chi connectivity index (χ1n) is 7.06. The van der Waals surface area contributed by atoms with Crippen molar-refractivity contribution in [2.24, 2.45) is 5.73 Å². The number of rotatable bonds is 3. The van der Waals surface area contributed by atoms with Crippen LogP contribution in [-0.2, 0) is 4.79 Å². The molecule has 3 rings (SSSR count). The maximum absolute atomic E-state index is 13.4. The molecule has 20 heavy (non-hydrogen) atoms. The van der Waals surface area contributed by atoms with Crippen molar-refractivity contribution < 1.29 is 9.18 Å². The van der Waals surface area contributed by atoms with Crippen molar-refractivity contribution in [1.82, 2.24) is 5.32 Å². The summed E-state index contributed by atoms with van der Waals surface area (Å²) in [4.78, 5) is 13.2. The Morgan fingerprint density at radius 3 is 3.00 bits per heavy atom. The van der Waals surface area contributed by atoms with Gasteiger partial charge >= 0.3 is 0 Å². The van der Waals surface area contributed by atoms with Gasteiger partial charge in [0, 0.05) is 22.6 Å². The highest BCUT2D eigenvalue weighted by molar-refractivity contribution is 7.99. The molecule has 2 aliphatic rings. The van der Waals surface area contributed by atoms with E-state index in [4.69, 9.17) is 5.73 Å². The number of carbonyl (C=O) groups excluding carboxylic acids is 1. The molecule has 1 atom stereocenters. The van der Waals surface area contributed by atoms with Gasteiger partial charge in [-0.15, -0.1) is 11.8 Å². The molecule has 3 N–H and O–H groups in total. The number of amides is 1. The summed E-state index contributed by atoms with van der Waals surface area (Å²) in [6.07, 6.45) is 4.17. The summed E-state index contributed by atoms with van der Waals surface area (Å²) >= 11 is 1.71. The van der Waals surface area contributed by atoms with E-state index in [1.54, 1.807) is 17.8 Å². The van der Waals surface area contributed by atoms with Gasteiger partial charge in [0.15, 0.2) is 0 Å². The van der Waals surface area contributed by atoms with Crippen LogP contribution in [0.15, 0.2) is 23.1 Å². The number of thioether (sulfide) groups is 1. The molecule has 0 spiro atoms. The van der Waals surface area contributed by atoms with Crippen LogP contribution in [0.3, 0.4) is 0 Å². The lowest BCUT2D eigenvalue weighted by atomic mass is 9.75. The molecule has 1 aromatic carbocycles. The van der Waals surface area contributed by atoms with Crippen LogP contribution in [-0.4, -0.2) is 17.2 Å². The molecule has 1 heterocycles. The van der Waals surface area contributed by atoms with E-state index < -0.39 is 0 Å². The molecule has 1 saturated carbocycles. The van der Waals surface area contributed by atoms with Gasteiger partial charge < -0.3 is 11.1 Å². The van der Waals surface area contributed by atoms with E-state index in [1.807, 2.05) is 0 Å². The number of fused-ring (bicyclic) bond motifs is 1. The molecule has 0 aromatic heterocycles. The molecule has 108 valence electrons. The third-order valence-corrected chi connectivity index (χ3v) is 5.33. The molecule has 1 unspecified atom stereocenters. The second kappa shape index (κ2) is 5.37. The van der Waals surface area contributed by atoms with Gasteiger partial charge in [-0.05, 0) is 49.4 Å². The number of hydrogen-bond donors (Lipinski definition) is 2. The van der Waals surface area contributed by atoms with Crippen molar-refractivity contribution in [3.63, 3.8) is 0 Å². The average molecular weight is 294 g/mol. The highest BCUT2D eigenvalue weighted by Crippen LogP contribution is 2.37. The zero-order valence-corrected chi connectivity index (χ0v) is 12.1. The normalized spacial score (nSPS) is 23.6. The smallest absolute Gasteiger partial charge is 0.222 e. The SMILES string of the molecule is NC1(CC(=O)NC2CCSc3ccc(F)cc32)CCC1. The lowest BCUT2D eigenvalue weighted by molar-refractivity contribution is -0.123. The van der Waals surface area contributed by atoms with Crippen LogP contribution in [0.1, 0.15) is 43.7 Å². The standard InChI is InChI=1S/C15H19FN2OS/c16-10-2-3-13-11(8-10)12(4-7-20-13)18-14(19)9-15(17)5-1-6-15/h2-3,8,12H,1,4-7,9,17H2,(H,18,19). The second-order valence-electron chi connectivity index (χ2n) is 5.83. The van der Waals surface area contributed by atoms with Crippen molar-refractivity contribution in [3.05, 3.63) is 29.6 Å². The summed E-state index contributed by atoms with van der Waals surface area (Å²) < 4.78 is 13.4. The molecule has 5 heteroatoms. The van der Waals surface area contributed by atoms with E-state index in [1.165, 1.54) is 12.1 Å². The Hall–Kier alpha value is -1.07. The predicted molar refractivity (Wildman–Crippen MR) is 78.0 cm³/mol. The quantitative estimate of drug-likeness (QED) is 0.901. The molecule has 1 aliphatic heterocycles. The lowest BCUT2D eigenvalue weighted by Gasteiger charge is -2.38. The average Bonchev–Trinajstić information content (AvgIpc) is 2.37. The monoisotopic (exact) mass is 294 g/mol. The number of carbonyl (C=O) groups is 1. The third kappa shape index (κ3) is 2.83. The maximum Gasteiger partial charge on any atom is 0.222 e. The molecule has 0 radical (unpaired) electrons. The third-order valence-electron chi connectivity index (χ3n) is 4.21. The minimum absolute atomic E-state index is 0.0145. The molecule has 3 nitrogen and oxygen atoms in total. The Balaban J connectivity index is 1.69. The Labute approximate surface area is 122 Å². The van der Waals surface area contributed by atoms with E-state index >= 15 is 0 Å². The van der Waals surface area contributed by atoms with Crippen LogP contribution in [0.5, 0.6) is 0 Å². The first-order chi connectivity index (χ1) is 9.56. The van der Waals surface area contributed by atoms with Crippen molar-refractivity contribution in [2.75, 3.05) is 5.75 Å². The van der Waals surface area contributed by atoms with Gasteiger partial charge in [0.25, 0.3) is 0 Å². The van der Waals surface area contributed by atoms with Crippen molar-refractivity contribution in [1.29, 1.82) is 0 Å². The second-order valence-corrected chi connectivity index (χ2v) is 6.97. The molecule has 0 saturated heterocycles. The fourth-order valence-electron chi connectivity index (χ4n) is 2.89. The minimum atomic E-state index is -0.307. The molecule has 1 fully saturated rings. The van der Waals surface area contributed by atoms with Gasteiger partial charge in [-0.25, -0.2) is 4.39 Å². The van der Waals surface area contributed by atoms with Crippen molar-refractivity contribution >= 4 is 17.7 Å². The predicted octanol–water partition coefficient (Wildman–Crippen LogP) is 2.75. The number of nitrogens with one attached hydrogen (secondary N) is 1. The fraction of sp³-hybridized carbons (Fsp3) is 0.533.